The molecule has 0 unspecified atom stereocenters. The fourth-order valence-electron chi connectivity index (χ4n) is 1.82. The smallest absolute Gasteiger partial charge is 0.224 e. The van der Waals surface area contributed by atoms with Crippen molar-refractivity contribution in [1.82, 2.24) is 0 Å². The minimum Gasteiger partial charge on any atom is -0.326 e. The molecule has 100 valence electrons. The van der Waals surface area contributed by atoms with Crippen LogP contribution >= 0.6 is 11.3 Å². The average molecular weight is 277 g/mol. The van der Waals surface area contributed by atoms with Crippen LogP contribution in [0.3, 0.4) is 0 Å². The minimum absolute atomic E-state index is 0.0646. The summed E-state index contributed by atoms with van der Waals surface area (Å²) in [5.41, 5.74) is 1.43. The largest absolute Gasteiger partial charge is 0.326 e. The fraction of sp³-hybridized carbons (Fsp3) is 0.267. The Morgan fingerprint density at radius 3 is 2.95 bits per heavy atom. The van der Waals surface area contributed by atoms with Crippen LogP contribution in [0.4, 0.5) is 10.1 Å². The molecule has 4 heteroatoms. The minimum atomic E-state index is -0.334. The molecule has 0 saturated heterocycles. The molecule has 2 aromatic rings. The number of rotatable bonds is 5. The summed E-state index contributed by atoms with van der Waals surface area (Å²) >= 11 is 1.70. The van der Waals surface area contributed by atoms with Crippen molar-refractivity contribution in [2.45, 2.75) is 26.2 Å². The van der Waals surface area contributed by atoms with E-state index in [1.54, 1.807) is 17.4 Å². The number of carbonyl (C=O) groups is 1. The topological polar surface area (TPSA) is 29.1 Å². The third-order valence-electron chi connectivity index (χ3n) is 2.88. The zero-order valence-corrected chi connectivity index (χ0v) is 11.6. The van der Waals surface area contributed by atoms with Gasteiger partial charge in [-0.3, -0.25) is 4.79 Å². The molecule has 0 saturated carbocycles. The molecule has 0 fully saturated rings. The van der Waals surface area contributed by atoms with Crippen molar-refractivity contribution in [3.63, 3.8) is 0 Å². The van der Waals surface area contributed by atoms with Crippen LogP contribution in [0.5, 0.6) is 0 Å². The second-order valence-electron chi connectivity index (χ2n) is 4.44. The van der Waals surface area contributed by atoms with Gasteiger partial charge >= 0.3 is 0 Å². The lowest BCUT2D eigenvalue weighted by Crippen LogP contribution is -2.12. The number of aryl methyl sites for hydroxylation is 2. The molecule has 2 rings (SSSR count). The Labute approximate surface area is 116 Å². The SMILES string of the molecule is Cc1ccc(F)cc1NC(=O)CCCc1cccs1. The van der Waals surface area contributed by atoms with Crippen molar-refractivity contribution in [1.29, 1.82) is 0 Å². The predicted octanol–water partition coefficient (Wildman–Crippen LogP) is 4.16. The van der Waals surface area contributed by atoms with Crippen molar-refractivity contribution < 1.29 is 9.18 Å². The molecule has 0 radical (unpaired) electrons. The highest BCUT2D eigenvalue weighted by atomic mass is 32.1. The predicted molar refractivity (Wildman–Crippen MR) is 77.0 cm³/mol. The van der Waals surface area contributed by atoms with E-state index in [0.717, 1.165) is 18.4 Å². The molecule has 2 nitrogen and oxygen atoms in total. The summed E-state index contributed by atoms with van der Waals surface area (Å²) in [5, 5.41) is 4.79. The maximum Gasteiger partial charge on any atom is 0.224 e. The quantitative estimate of drug-likeness (QED) is 0.873. The molecular formula is C15H16FNOS. The summed E-state index contributed by atoms with van der Waals surface area (Å²) in [5.74, 6) is -0.398. The van der Waals surface area contributed by atoms with Gasteiger partial charge in [0.2, 0.25) is 5.91 Å². The fourth-order valence-corrected chi connectivity index (χ4v) is 2.57. The van der Waals surface area contributed by atoms with Crippen molar-refractivity contribution in [3.8, 4) is 0 Å². The van der Waals surface area contributed by atoms with E-state index in [0.29, 0.717) is 12.1 Å². The summed E-state index contributed by atoms with van der Waals surface area (Å²) in [4.78, 5) is 13.1. The lowest BCUT2D eigenvalue weighted by atomic mass is 10.1. The van der Waals surface area contributed by atoms with Gasteiger partial charge in [-0.2, -0.15) is 0 Å². The number of amides is 1. The summed E-state index contributed by atoms with van der Waals surface area (Å²) in [6, 6.07) is 8.49. The van der Waals surface area contributed by atoms with Crippen LogP contribution in [0.15, 0.2) is 35.7 Å². The van der Waals surface area contributed by atoms with Crippen LogP contribution in [0.1, 0.15) is 23.3 Å². The Morgan fingerprint density at radius 1 is 1.37 bits per heavy atom. The molecule has 1 heterocycles. The molecule has 1 aromatic heterocycles. The summed E-state index contributed by atoms with van der Waals surface area (Å²) < 4.78 is 13.1. The van der Waals surface area contributed by atoms with E-state index in [4.69, 9.17) is 0 Å². The number of hydrogen-bond donors (Lipinski definition) is 1. The molecule has 0 atom stereocenters. The van der Waals surface area contributed by atoms with Gasteiger partial charge in [0, 0.05) is 17.0 Å². The van der Waals surface area contributed by atoms with E-state index in [1.807, 2.05) is 18.4 Å². The summed E-state index contributed by atoms with van der Waals surface area (Å²) in [6.07, 6.45) is 2.17. The molecule has 0 spiro atoms. The van der Waals surface area contributed by atoms with Crippen LogP contribution in [-0.4, -0.2) is 5.91 Å². The second kappa shape index (κ2) is 6.48. The van der Waals surface area contributed by atoms with Gasteiger partial charge in [-0.1, -0.05) is 12.1 Å². The second-order valence-corrected chi connectivity index (χ2v) is 5.47. The van der Waals surface area contributed by atoms with Gasteiger partial charge < -0.3 is 5.32 Å². The van der Waals surface area contributed by atoms with E-state index in [-0.39, 0.29) is 11.7 Å². The number of carbonyl (C=O) groups excluding carboxylic acids is 1. The Balaban J connectivity index is 1.82. The van der Waals surface area contributed by atoms with E-state index in [9.17, 15) is 9.18 Å². The number of nitrogens with one attached hydrogen (secondary N) is 1. The maximum absolute atomic E-state index is 13.1. The van der Waals surface area contributed by atoms with Gasteiger partial charge in [-0.25, -0.2) is 4.39 Å². The van der Waals surface area contributed by atoms with Gasteiger partial charge in [0.15, 0.2) is 0 Å². The average Bonchev–Trinajstić information content (AvgIpc) is 2.87. The molecule has 1 amide bonds. The lowest BCUT2D eigenvalue weighted by Gasteiger charge is -2.08. The van der Waals surface area contributed by atoms with Gasteiger partial charge in [0.1, 0.15) is 5.82 Å². The maximum atomic E-state index is 13.1. The molecule has 0 aliphatic carbocycles. The van der Waals surface area contributed by atoms with E-state index >= 15 is 0 Å². The number of anilines is 1. The molecule has 0 aliphatic heterocycles. The number of benzene rings is 1. The normalized spacial score (nSPS) is 10.4. The molecule has 1 aromatic carbocycles. The van der Waals surface area contributed by atoms with Crippen LogP contribution in [0.25, 0.3) is 0 Å². The number of thiophene rings is 1. The Hall–Kier alpha value is -1.68. The Bertz CT molecular complexity index is 551. The highest BCUT2D eigenvalue weighted by Gasteiger charge is 2.06. The molecule has 19 heavy (non-hydrogen) atoms. The van der Waals surface area contributed by atoms with E-state index in [1.165, 1.54) is 17.0 Å². The van der Waals surface area contributed by atoms with Gasteiger partial charge in [-0.05, 0) is 48.9 Å². The Morgan fingerprint density at radius 2 is 2.21 bits per heavy atom. The summed E-state index contributed by atoms with van der Waals surface area (Å²) in [7, 11) is 0. The molecule has 1 N–H and O–H groups in total. The molecule has 0 aliphatic rings. The lowest BCUT2D eigenvalue weighted by molar-refractivity contribution is -0.116. The summed E-state index contributed by atoms with van der Waals surface area (Å²) in [6.45, 7) is 1.85. The van der Waals surface area contributed by atoms with Crippen LogP contribution in [0.2, 0.25) is 0 Å². The van der Waals surface area contributed by atoms with Crippen molar-refractivity contribution >= 4 is 22.9 Å². The van der Waals surface area contributed by atoms with Gasteiger partial charge in [0.25, 0.3) is 0 Å². The van der Waals surface area contributed by atoms with E-state index < -0.39 is 0 Å². The van der Waals surface area contributed by atoms with E-state index in [2.05, 4.69) is 11.4 Å². The zero-order valence-electron chi connectivity index (χ0n) is 10.8. The molecule has 0 bridgehead atoms. The third kappa shape index (κ3) is 4.17. The highest BCUT2D eigenvalue weighted by Crippen LogP contribution is 2.17. The van der Waals surface area contributed by atoms with Crippen LogP contribution in [0, 0.1) is 12.7 Å². The first-order valence-corrected chi connectivity index (χ1v) is 7.11. The van der Waals surface area contributed by atoms with Crippen molar-refractivity contribution in [3.05, 3.63) is 52.0 Å². The monoisotopic (exact) mass is 277 g/mol. The Kier molecular flexibility index (Phi) is 4.68. The third-order valence-corrected chi connectivity index (χ3v) is 3.82. The molecular weight excluding hydrogens is 261 g/mol. The first-order valence-electron chi connectivity index (χ1n) is 6.23. The first-order chi connectivity index (χ1) is 9.15. The standard InChI is InChI=1S/C15H16FNOS/c1-11-7-8-12(16)10-14(11)17-15(18)6-2-4-13-5-3-9-19-13/h3,5,7-10H,2,4,6H2,1H3,(H,17,18). The van der Waals surface area contributed by atoms with Crippen molar-refractivity contribution in [2.75, 3.05) is 5.32 Å². The van der Waals surface area contributed by atoms with Crippen LogP contribution < -0.4 is 5.32 Å². The van der Waals surface area contributed by atoms with Crippen molar-refractivity contribution in [2.24, 2.45) is 0 Å². The van der Waals surface area contributed by atoms with Gasteiger partial charge in [-0.15, -0.1) is 11.3 Å². The number of hydrogen-bond acceptors (Lipinski definition) is 2. The zero-order chi connectivity index (χ0) is 13.7. The highest BCUT2D eigenvalue weighted by molar-refractivity contribution is 7.09. The van der Waals surface area contributed by atoms with Crippen LogP contribution in [-0.2, 0) is 11.2 Å². The number of halogens is 1. The van der Waals surface area contributed by atoms with Gasteiger partial charge in [0.05, 0.1) is 0 Å². The first kappa shape index (κ1) is 13.7.